The third-order valence-corrected chi connectivity index (χ3v) is 5.89. The number of carbonyl (C=O) groups is 1. The van der Waals surface area contributed by atoms with Gasteiger partial charge in [0, 0.05) is 29.2 Å². The topological polar surface area (TPSA) is 61.8 Å². The van der Waals surface area contributed by atoms with Crippen LogP contribution < -0.4 is 10.1 Å². The van der Waals surface area contributed by atoms with Crippen LogP contribution in [0.2, 0.25) is 10.0 Å². The zero-order valence-electron chi connectivity index (χ0n) is 17.6. The van der Waals surface area contributed by atoms with Crippen LogP contribution in [0.25, 0.3) is 0 Å². The molecule has 5 nitrogen and oxygen atoms in total. The molecule has 0 aromatic heterocycles. The van der Waals surface area contributed by atoms with Gasteiger partial charge in [0.2, 0.25) is 0 Å². The summed E-state index contributed by atoms with van der Waals surface area (Å²) in [6, 6.07) is 17.9. The van der Waals surface area contributed by atoms with Crippen molar-refractivity contribution >= 4 is 52.2 Å². The Bertz CT molecular complexity index is 1120. The van der Waals surface area contributed by atoms with Gasteiger partial charge in [0.15, 0.2) is 5.11 Å². The molecule has 0 saturated heterocycles. The van der Waals surface area contributed by atoms with Gasteiger partial charge in [-0.1, -0.05) is 47.5 Å². The number of methoxy groups -OCH3 is 1. The van der Waals surface area contributed by atoms with E-state index in [1.165, 1.54) is 0 Å². The number of halogens is 2. The minimum atomic E-state index is -0.961. The highest BCUT2D eigenvalue weighted by molar-refractivity contribution is 7.80. The normalized spacial score (nSPS) is 10.5. The Kier molecular flexibility index (Phi) is 7.96. The van der Waals surface area contributed by atoms with Crippen LogP contribution in [0, 0.1) is 6.92 Å². The second kappa shape index (κ2) is 10.7. The maximum Gasteiger partial charge on any atom is 0.335 e. The second-order valence-electron chi connectivity index (χ2n) is 7.22. The average Bonchev–Trinajstić information content (AvgIpc) is 2.77. The number of hydrogen-bond acceptors (Lipinski definition) is 3. The van der Waals surface area contributed by atoms with E-state index in [2.05, 4.69) is 5.32 Å². The van der Waals surface area contributed by atoms with E-state index in [1.54, 1.807) is 37.4 Å². The van der Waals surface area contributed by atoms with Gasteiger partial charge in [-0.3, -0.25) is 0 Å². The molecule has 0 aliphatic carbocycles. The molecule has 0 saturated carbocycles. The van der Waals surface area contributed by atoms with Crippen LogP contribution >= 0.6 is 35.4 Å². The van der Waals surface area contributed by atoms with Crippen LogP contribution in [0.4, 0.5) is 5.69 Å². The van der Waals surface area contributed by atoms with E-state index in [0.29, 0.717) is 39.7 Å². The number of carboxylic acids is 1. The Morgan fingerprint density at radius 2 is 1.59 bits per heavy atom. The summed E-state index contributed by atoms with van der Waals surface area (Å²) in [6.45, 7) is 2.91. The van der Waals surface area contributed by atoms with Gasteiger partial charge in [0.25, 0.3) is 0 Å². The van der Waals surface area contributed by atoms with Crippen molar-refractivity contribution in [2.24, 2.45) is 0 Å². The molecule has 3 aromatic carbocycles. The summed E-state index contributed by atoms with van der Waals surface area (Å²) in [5.74, 6) is -0.378. The maximum atomic E-state index is 11.2. The highest BCUT2D eigenvalue weighted by Gasteiger charge is 2.15. The lowest BCUT2D eigenvalue weighted by molar-refractivity contribution is 0.0697. The van der Waals surface area contributed by atoms with Crippen molar-refractivity contribution in [2.75, 3.05) is 12.4 Å². The molecule has 0 spiro atoms. The lowest BCUT2D eigenvalue weighted by atomic mass is 10.1. The monoisotopic (exact) mass is 488 g/mol. The third-order valence-electron chi connectivity index (χ3n) is 4.87. The number of nitrogens with one attached hydrogen (secondary N) is 1. The van der Waals surface area contributed by atoms with Crippen molar-refractivity contribution in [3.8, 4) is 5.75 Å². The first kappa shape index (κ1) is 23.9. The minimum absolute atomic E-state index is 0.236. The van der Waals surface area contributed by atoms with E-state index in [0.717, 1.165) is 16.7 Å². The molecule has 0 amide bonds. The van der Waals surface area contributed by atoms with Gasteiger partial charge in [0.05, 0.1) is 18.4 Å². The molecule has 32 heavy (non-hydrogen) atoms. The fraction of sp³-hybridized carbons (Fsp3) is 0.167. The van der Waals surface area contributed by atoms with Crippen LogP contribution in [-0.4, -0.2) is 28.2 Å². The van der Waals surface area contributed by atoms with Crippen LogP contribution in [0.5, 0.6) is 5.75 Å². The zero-order valence-corrected chi connectivity index (χ0v) is 19.9. The van der Waals surface area contributed by atoms with E-state index in [4.69, 9.17) is 45.3 Å². The molecule has 0 bridgehead atoms. The number of ether oxygens (including phenoxy) is 1. The molecule has 8 heteroatoms. The van der Waals surface area contributed by atoms with Crippen LogP contribution in [-0.2, 0) is 13.1 Å². The molecule has 0 aliphatic rings. The first-order chi connectivity index (χ1) is 15.3. The molecular formula is C24H22Cl2N2O3S. The van der Waals surface area contributed by atoms with Gasteiger partial charge in [0.1, 0.15) is 5.75 Å². The summed E-state index contributed by atoms with van der Waals surface area (Å²) < 4.78 is 5.45. The van der Waals surface area contributed by atoms with E-state index in [-0.39, 0.29) is 5.56 Å². The molecular weight excluding hydrogens is 467 g/mol. The number of thiocarbonyl (C=S) groups is 1. The zero-order chi connectivity index (χ0) is 23.3. The van der Waals surface area contributed by atoms with Crippen LogP contribution in [0.15, 0.2) is 60.7 Å². The van der Waals surface area contributed by atoms with Gasteiger partial charge in [-0.2, -0.15) is 0 Å². The number of hydrogen-bond donors (Lipinski definition) is 2. The van der Waals surface area contributed by atoms with Gasteiger partial charge in [-0.05, 0) is 66.2 Å². The Morgan fingerprint density at radius 3 is 2.12 bits per heavy atom. The Balaban J connectivity index is 1.87. The van der Waals surface area contributed by atoms with E-state index in [1.807, 2.05) is 42.2 Å². The molecule has 0 unspecified atom stereocenters. The number of aryl methyl sites for hydroxylation is 1. The summed E-state index contributed by atoms with van der Waals surface area (Å²) in [6.07, 6.45) is 0. The first-order valence-electron chi connectivity index (χ1n) is 9.73. The molecule has 0 radical (unpaired) electrons. The van der Waals surface area contributed by atoms with Gasteiger partial charge in [-0.15, -0.1) is 0 Å². The van der Waals surface area contributed by atoms with E-state index in [9.17, 15) is 4.79 Å². The summed E-state index contributed by atoms with van der Waals surface area (Å²) in [5, 5.41) is 14.2. The fourth-order valence-electron chi connectivity index (χ4n) is 3.11. The van der Waals surface area contributed by atoms with Gasteiger partial charge < -0.3 is 20.1 Å². The van der Waals surface area contributed by atoms with E-state index >= 15 is 0 Å². The summed E-state index contributed by atoms with van der Waals surface area (Å²) in [4.78, 5) is 13.1. The molecule has 3 rings (SSSR count). The quantitative estimate of drug-likeness (QED) is 0.374. The SMILES string of the molecule is COc1cc(Cl)c(C)cc1NC(=S)N(Cc1ccc(Cl)cc1)Cc1ccc(C(=O)O)cc1. The predicted molar refractivity (Wildman–Crippen MR) is 133 cm³/mol. The van der Waals surface area contributed by atoms with Crippen molar-refractivity contribution in [3.63, 3.8) is 0 Å². The lowest BCUT2D eigenvalue weighted by Gasteiger charge is -2.27. The number of aromatic carboxylic acids is 1. The molecule has 0 fully saturated rings. The summed E-state index contributed by atoms with van der Waals surface area (Å²) >= 11 is 18.0. The largest absolute Gasteiger partial charge is 0.495 e. The third kappa shape index (κ3) is 6.13. The predicted octanol–water partition coefficient (Wildman–Crippen LogP) is 6.41. The highest BCUT2D eigenvalue weighted by Crippen LogP contribution is 2.31. The Morgan fingerprint density at radius 1 is 1.03 bits per heavy atom. The average molecular weight is 489 g/mol. The fourth-order valence-corrected chi connectivity index (χ4v) is 3.63. The van der Waals surface area contributed by atoms with Crippen LogP contribution in [0.3, 0.4) is 0 Å². The van der Waals surface area contributed by atoms with Gasteiger partial charge in [-0.25, -0.2) is 4.79 Å². The number of benzene rings is 3. The number of anilines is 1. The lowest BCUT2D eigenvalue weighted by Crippen LogP contribution is -2.34. The molecule has 2 N–H and O–H groups in total. The number of rotatable bonds is 7. The smallest absolute Gasteiger partial charge is 0.335 e. The first-order valence-corrected chi connectivity index (χ1v) is 10.9. The molecule has 0 aliphatic heterocycles. The second-order valence-corrected chi connectivity index (χ2v) is 8.45. The number of nitrogens with zero attached hydrogens (tertiary/aromatic N) is 1. The summed E-state index contributed by atoms with van der Waals surface area (Å²) in [7, 11) is 1.57. The van der Waals surface area contributed by atoms with Crippen LogP contribution in [0.1, 0.15) is 27.0 Å². The standard InChI is InChI=1S/C24H22Cl2N2O3S/c1-15-11-21(22(31-2)12-20(15)26)27-24(32)28(14-17-5-9-19(25)10-6-17)13-16-3-7-18(8-4-16)23(29)30/h3-12H,13-14H2,1-2H3,(H,27,32)(H,29,30). The highest BCUT2D eigenvalue weighted by atomic mass is 35.5. The van der Waals surface area contributed by atoms with E-state index < -0.39 is 5.97 Å². The molecule has 166 valence electrons. The molecule has 0 heterocycles. The number of carboxylic acid groups (broad SMARTS) is 1. The Labute approximate surface area is 202 Å². The van der Waals surface area contributed by atoms with Crippen molar-refractivity contribution in [3.05, 3.63) is 93.0 Å². The minimum Gasteiger partial charge on any atom is -0.495 e. The molecule has 0 atom stereocenters. The molecule has 3 aromatic rings. The van der Waals surface area contributed by atoms with Crippen molar-refractivity contribution in [1.29, 1.82) is 0 Å². The maximum absolute atomic E-state index is 11.2. The van der Waals surface area contributed by atoms with Crippen molar-refractivity contribution in [1.82, 2.24) is 4.90 Å². The Hall–Kier alpha value is -2.80. The van der Waals surface area contributed by atoms with Crippen molar-refractivity contribution < 1.29 is 14.6 Å². The van der Waals surface area contributed by atoms with Crippen molar-refractivity contribution in [2.45, 2.75) is 20.0 Å². The summed E-state index contributed by atoms with van der Waals surface area (Å²) in [5.41, 5.74) is 3.79. The van der Waals surface area contributed by atoms with Gasteiger partial charge >= 0.3 is 5.97 Å².